The van der Waals surface area contributed by atoms with E-state index in [1.54, 1.807) is 0 Å². The summed E-state index contributed by atoms with van der Waals surface area (Å²) in [7, 11) is 0. The van der Waals surface area contributed by atoms with Crippen LogP contribution in [0.3, 0.4) is 0 Å². The Morgan fingerprint density at radius 2 is 1.62 bits per heavy atom. The molecule has 0 bridgehead atoms. The van der Waals surface area contributed by atoms with Crippen LogP contribution in [0.5, 0.6) is 0 Å². The maximum Gasteiger partial charge on any atom is 0.161 e. The van der Waals surface area contributed by atoms with E-state index in [0.717, 1.165) is 6.07 Å². The zero-order valence-corrected chi connectivity index (χ0v) is 9.36. The average Bonchev–Trinajstić information content (AvgIpc) is 2.22. The van der Waals surface area contributed by atoms with Crippen LogP contribution in [0.15, 0.2) is 12.1 Å². The number of rotatable bonds is 4. The summed E-state index contributed by atoms with van der Waals surface area (Å²) < 4.78 is 38.8. The predicted molar refractivity (Wildman–Crippen MR) is 55.5 cm³/mol. The van der Waals surface area contributed by atoms with Crippen molar-refractivity contribution in [3.05, 3.63) is 35.1 Å². The second kappa shape index (κ2) is 4.87. The van der Waals surface area contributed by atoms with Gasteiger partial charge in [0.15, 0.2) is 11.6 Å². The van der Waals surface area contributed by atoms with Gasteiger partial charge in [0.1, 0.15) is 5.82 Å². The Morgan fingerprint density at radius 3 is 2.19 bits per heavy atom. The van der Waals surface area contributed by atoms with Crippen LogP contribution >= 0.6 is 0 Å². The number of aliphatic hydroxyl groups excluding tert-OH is 1. The van der Waals surface area contributed by atoms with E-state index in [9.17, 15) is 13.2 Å². The Balaban J connectivity index is 2.79. The van der Waals surface area contributed by atoms with Crippen LogP contribution in [0.1, 0.15) is 25.8 Å². The summed E-state index contributed by atoms with van der Waals surface area (Å²) in [6.07, 6.45) is 0.780. The Labute approximate surface area is 92.9 Å². The highest BCUT2D eigenvalue weighted by atomic mass is 19.2. The van der Waals surface area contributed by atoms with Crippen molar-refractivity contribution >= 4 is 0 Å². The minimum Gasteiger partial charge on any atom is -0.396 e. The van der Waals surface area contributed by atoms with E-state index in [1.165, 1.54) is 0 Å². The molecule has 0 heterocycles. The molecule has 1 aromatic rings. The molecular formula is C12H15F3O. The fraction of sp³-hybridized carbons (Fsp3) is 0.500. The lowest BCUT2D eigenvalue weighted by atomic mass is 9.87. The van der Waals surface area contributed by atoms with Crippen LogP contribution in [0.25, 0.3) is 0 Å². The molecule has 0 saturated carbocycles. The molecule has 1 nitrogen and oxygen atoms in total. The quantitative estimate of drug-likeness (QED) is 0.791. The van der Waals surface area contributed by atoms with Crippen LogP contribution in [-0.4, -0.2) is 11.7 Å². The van der Waals surface area contributed by atoms with E-state index in [4.69, 9.17) is 5.11 Å². The Bertz CT molecular complexity index is 375. The molecule has 0 unspecified atom stereocenters. The summed E-state index contributed by atoms with van der Waals surface area (Å²) >= 11 is 0. The smallest absolute Gasteiger partial charge is 0.161 e. The van der Waals surface area contributed by atoms with Gasteiger partial charge in [-0.1, -0.05) is 13.8 Å². The molecule has 0 radical (unpaired) electrons. The van der Waals surface area contributed by atoms with Gasteiger partial charge in [0.05, 0.1) is 0 Å². The second-order valence-corrected chi connectivity index (χ2v) is 4.68. The monoisotopic (exact) mass is 232 g/mol. The fourth-order valence-electron chi connectivity index (χ4n) is 1.31. The molecule has 0 aromatic heterocycles. The molecule has 0 aliphatic heterocycles. The van der Waals surface area contributed by atoms with Gasteiger partial charge in [-0.05, 0) is 29.9 Å². The van der Waals surface area contributed by atoms with Crippen molar-refractivity contribution in [2.45, 2.75) is 26.7 Å². The third kappa shape index (κ3) is 3.23. The molecule has 90 valence electrons. The SMILES string of the molecule is CC(C)(CO)CCc1cc(F)c(F)cc1F. The minimum absolute atomic E-state index is 0.0295. The van der Waals surface area contributed by atoms with Gasteiger partial charge in [-0.15, -0.1) is 0 Å². The van der Waals surface area contributed by atoms with Crippen LogP contribution in [0.2, 0.25) is 0 Å². The summed E-state index contributed by atoms with van der Waals surface area (Å²) in [5, 5.41) is 9.01. The number of aryl methyl sites for hydroxylation is 1. The molecule has 0 aliphatic carbocycles. The van der Waals surface area contributed by atoms with E-state index in [-0.39, 0.29) is 24.0 Å². The molecule has 0 spiro atoms. The zero-order chi connectivity index (χ0) is 12.3. The van der Waals surface area contributed by atoms with Gasteiger partial charge in [-0.3, -0.25) is 0 Å². The van der Waals surface area contributed by atoms with Crippen molar-refractivity contribution < 1.29 is 18.3 Å². The summed E-state index contributed by atoms with van der Waals surface area (Å²) in [6, 6.07) is 1.43. The first-order chi connectivity index (χ1) is 7.35. The molecule has 0 fully saturated rings. The van der Waals surface area contributed by atoms with Gasteiger partial charge < -0.3 is 5.11 Å². The standard InChI is InChI=1S/C12H15F3O/c1-12(2,7-16)4-3-8-5-10(14)11(15)6-9(8)13/h5-6,16H,3-4,7H2,1-2H3. The highest BCUT2D eigenvalue weighted by Crippen LogP contribution is 2.23. The molecule has 1 rings (SSSR count). The third-order valence-electron chi connectivity index (χ3n) is 2.59. The van der Waals surface area contributed by atoms with Crippen molar-refractivity contribution in [1.82, 2.24) is 0 Å². The maximum absolute atomic E-state index is 13.2. The molecule has 0 amide bonds. The molecule has 0 aliphatic rings. The normalized spacial score (nSPS) is 11.9. The van der Waals surface area contributed by atoms with Crippen molar-refractivity contribution in [1.29, 1.82) is 0 Å². The number of aliphatic hydroxyl groups is 1. The predicted octanol–water partition coefficient (Wildman–Crippen LogP) is 3.06. The lowest BCUT2D eigenvalue weighted by molar-refractivity contribution is 0.150. The van der Waals surface area contributed by atoms with Crippen LogP contribution in [0.4, 0.5) is 13.2 Å². The maximum atomic E-state index is 13.2. The molecule has 1 aromatic carbocycles. The van der Waals surface area contributed by atoms with Gasteiger partial charge >= 0.3 is 0 Å². The second-order valence-electron chi connectivity index (χ2n) is 4.68. The lowest BCUT2D eigenvalue weighted by Gasteiger charge is -2.21. The first kappa shape index (κ1) is 13.0. The Hall–Kier alpha value is -1.03. The summed E-state index contributed by atoms with van der Waals surface area (Å²) in [5.41, 5.74) is -0.211. The summed E-state index contributed by atoms with van der Waals surface area (Å²) in [6.45, 7) is 3.62. The van der Waals surface area contributed by atoms with E-state index in [2.05, 4.69) is 0 Å². The first-order valence-corrected chi connectivity index (χ1v) is 5.10. The van der Waals surface area contributed by atoms with Gasteiger partial charge in [-0.2, -0.15) is 0 Å². The van der Waals surface area contributed by atoms with E-state index < -0.39 is 17.5 Å². The van der Waals surface area contributed by atoms with Crippen molar-refractivity contribution in [3.8, 4) is 0 Å². The molecule has 0 saturated heterocycles. The number of benzene rings is 1. The molecule has 1 N–H and O–H groups in total. The van der Waals surface area contributed by atoms with Gasteiger partial charge in [0, 0.05) is 12.7 Å². The highest BCUT2D eigenvalue weighted by molar-refractivity contribution is 5.20. The number of hydrogen-bond donors (Lipinski definition) is 1. The number of hydrogen-bond acceptors (Lipinski definition) is 1. The van der Waals surface area contributed by atoms with Gasteiger partial charge in [-0.25, -0.2) is 13.2 Å². The zero-order valence-electron chi connectivity index (χ0n) is 9.36. The fourth-order valence-corrected chi connectivity index (χ4v) is 1.31. The van der Waals surface area contributed by atoms with E-state index in [1.807, 2.05) is 13.8 Å². The Morgan fingerprint density at radius 1 is 1.06 bits per heavy atom. The van der Waals surface area contributed by atoms with Crippen molar-refractivity contribution in [3.63, 3.8) is 0 Å². The number of halogens is 3. The van der Waals surface area contributed by atoms with Crippen molar-refractivity contribution in [2.75, 3.05) is 6.61 Å². The largest absolute Gasteiger partial charge is 0.396 e. The van der Waals surface area contributed by atoms with Crippen LogP contribution in [0, 0.1) is 22.9 Å². The average molecular weight is 232 g/mol. The van der Waals surface area contributed by atoms with Gasteiger partial charge in [0.25, 0.3) is 0 Å². The summed E-state index contributed by atoms with van der Waals surface area (Å²) in [4.78, 5) is 0. The van der Waals surface area contributed by atoms with E-state index in [0.29, 0.717) is 12.5 Å². The first-order valence-electron chi connectivity index (χ1n) is 5.10. The molecule has 0 atom stereocenters. The minimum atomic E-state index is -1.18. The highest BCUT2D eigenvalue weighted by Gasteiger charge is 2.18. The third-order valence-corrected chi connectivity index (χ3v) is 2.59. The van der Waals surface area contributed by atoms with Gasteiger partial charge in [0.2, 0.25) is 0 Å². The summed E-state index contributed by atoms with van der Waals surface area (Å²) in [5.74, 6) is -2.96. The van der Waals surface area contributed by atoms with E-state index >= 15 is 0 Å². The van der Waals surface area contributed by atoms with Crippen LogP contribution < -0.4 is 0 Å². The topological polar surface area (TPSA) is 20.2 Å². The van der Waals surface area contributed by atoms with Crippen LogP contribution in [-0.2, 0) is 6.42 Å². The Kier molecular flexibility index (Phi) is 3.97. The molecule has 16 heavy (non-hydrogen) atoms. The molecular weight excluding hydrogens is 217 g/mol. The van der Waals surface area contributed by atoms with Crippen molar-refractivity contribution in [2.24, 2.45) is 5.41 Å². The lowest BCUT2D eigenvalue weighted by Crippen LogP contribution is -2.17. The molecule has 4 heteroatoms.